The average Bonchev–Trinajstić information content (AvgIpc) is 2.94. The van der Waals surface area contributed by atoms with E-state index in [4.69, 9.17) is 5.11 Å². The molecule has 0 saturated carbocycles. The first kappa shape index (κ1) is 18.9. The Morgan fingerprint density at radius 2 is 2.12 bits per heavy atom. The molecule has 0 radical (unpaired) electrons. The largest absolute Gasteiger partial charge is 0.480 e. The molecule has 2 amide bonds. The van der Waals surface area contributed by atoms with Gasteiger partial charge in [0, 0.05) is 16.9 Å². The summed E-state index contributed by atoms with van der Waals surface area (Å²) < 4.78 is 15.8. The summed E-state index contributed by atoms with van der Waals surface area (Å²) in [6, 6.07) is 3.15. The van der Waals surface area contributed by atoms with Crippen molar-refractivity contribution >= 4 is 33.6 Å². The molecule has 0 aliphatic rings. The Morgan fingerprint density at radius 1 is 1.40 bits per heavy atom. The summed E-state index contributed by atoms with van der Waals surface area (Å²) in [6.45, 7) is 3.47. The molecule has 0 fully saturated rings. The first-order valence-electron chi connectivity index (χ1n) is 7.53. The summed E-state index contributed by atoms with van der Waals surface area (Å²) in [4.78, 5) is 27.3. The number of anilines is 1. The summed E-state index contributed by atoms with van der Waals surface area (Å²) in [5, 5.41) is 14.1. The molecule has 1 heterocycles. The van der Waals surface area contributed by atoms with E-state index >= 15 is 0 Å². The minimum absolute atomic E-state index is 0.0390. The predicted molar refractivity (Wildman–Crippen MR) is 93.7 cm³/mol. The number of amides is 2. The Balaban J connectivity index is 2.15. The summed E-state index contributed by atoms with van der Waals surface area (Å²) in [5.41, 5.74) is 0.0390. The van der Waals surface area contributed by atoms with Gasteiger partial charge in [-0.25, -0.2) is 14.2 Å². The van der Waals surface area contributed by atoms with Gasteiger partial charge in [0.15, 0.2) is 0 Å². The van der Waals surface area contributed by atoms with E-state index in [2.05, 4.69) is 31.5 Å². The molecule has 0 aliphatic heterocycles. The molecule has 2 rings (SSSR count). The van der Waals surface area contributed by atoms with Crippen LogP contribution in [-0.4, -0.2) is 26.7 Å². The van der Waals surface area contributed by atoms with Crippen molar-refractivity contribution in [1.82, 2.24) is 14.9 Å². The van der Waals surface area contributed by atoms with Crippen molar-refractivity contribution in [2.24, 2.45) is 5.92 Å². The van der Waals surface area contributed by atoms with Crippen LogP contribution in [-0.2, 0) is 11.3 Å². The van der Waals surface area contributed by atoms with Crippen LogP contribution in [0.5, 0.6) is 0 Å². The number of aliphatic carboxylic acids is 1. The van der Waals surface area contributed by atoms with E-state index in [1.165, 1.54) is 29.1 Å². The Labute approximate surface area is 152 Å². The van der Waals surface area contributed by atoms with Gasteiger partial charge in [0.2, 0.25) is 0 Å². The van der Waals surface area contributed by atoms with Crippen molar-refractivity contribution in [3.05, 3.63) is 46.7 Å². The van der Waals surface area contributed by atoms with Crippen LogP contribution in [0.4, 0.5) is 14.9 Å². The van der Waals surface area contributed by atoms with Gasteiger partial charge in [0.25, 0.3) is 0 Å². The minimum atomic E-state index is -1.01. The Morgan fingerprint density at radius 3 is 2.72 bits per heavy atom. The summed E-state index contributed by atoms with van der Waals surface area (Å²) in [7, 11) is 0. The highest BCUT2D eigenvalue weighted by molar-refractivity contribution is 9.10. The second-order valence-electron chi connectivity index (χ2n) is 5.75. The van der Waals surface area contributed by atoms with Crippen molar-refractivity contribution in [3.8, 4) is 0 Å². The number of hydrogen-bond donors (Lipinski definition) is 3. The summed E-state index contributed by atoms with van der Waals surface area (Å²) in [5.74, 6) is -1.22. The van der Waals surface area contributed by atoms with Gasteiger partial charge in [-0.3, -0.25) is 4.79 Å². The number of carboxylic acids is 1. The maximum absolute atomic E-state index is 13.8. The number of imidazole rings is 1. The molecular formula is C16H18BrFN4O3. The number of urea groups is 1. The molecule has 25 heavy (non-hydrogen) atoms. The molecule has 0 saturated heterocycles. The van der Waals surface area contributed by atoms with E-state index < -0.39 is 23.9 Å². The molecule has 0 spiro atoms. The number of rotatable bonds is 6. The average molecular weight is 413 g/mol. The molecule has 1 aromatic carbocycles. The van der Waals surface area contributed by atoms with Crippen molar-refractivity contribution in [1.29, 1.82) is 0 Å². The van der Waals surface area contributed by atoms with Crippen LogP contribution in [0.25, 0.3) is 0 Å². The van der Waals surface area contributed by atoms with Gasteiger partial charge in [-0.05, 0) is 24.1 Å². The molecule has 0 aliphatic carbocycles. The van der Waals surface area contributed by atoms with Gasteiger partial charge in [-0.2, -0.15) is 0 Å². The predicted octanol–water partition coefficient (Wildman–Crippen LogP) is 3.39. The third-order valence-corrected chi connectivity index (χ3v) is 3.96. The fraction of sp³-hybridized carbons (Fsp3) is 0.312. The van der Waals surface area contributed by atoms with Crippen LogP contribution in [0.15, 0.2) is 35.1 Å². The lowest BCUT2D eigenvalue weighted by Crippen LogP contribution is -2.37. The number of hydrogen-bond acceptors (Lipinski definition) is 3. The van der Waals surface area contributed by atoms with E-state index in [1.54, 1.807) is 6.07 Å². The highest BCUT2D eigenvalue weighted by Crippen LogP contribution is 2.22. The standard InChI is InChI=1S/C16H18BrFN4O3/c1-9(2)14(15-19-5-6-22(15)8-13(23)24)21-16(25)20-12-4-3-10(17)7-11(12)18/h3-7,9,14H,8H2,1-2H3,(H,23,24)(H2,20,21,25)/t14-/m0/s1. The Hall–Kier alpha value is -2.42. The van der Waals surface area contributed by atoms with E-state index in [-0.39, 0.29) is 18.2 Å². The topological polar surface area (TPSA) is 96.3 Å². The number of nitrogens with one attached hydrogen (secondary N) is 2. The van der Waals surface area contributed by atoms with E-state index in [1.807, 2.05) is 13.8 Å². The van der Waals surface area contributed by atoms with Gasteiger partial charge >= 0.3 is 12.0 Å². The lowest BCUT2D eigenvalue weighted by molar-refractivity contribution is -0.137. The maximum Gasteiger partial charge on any atom is 0.323 e. The first-order valence-corrected chi connectivity index (χ1v) is 8.32. The zero-order chi connectivity index (χ0) is 18.6. The molecule has 2 aromatic rings. The van der Waals surface area contributed by atoms with E-state index in [0.29, 0.717) is 10.3 Å². The zero-order valence-corrected chi connectivity index (χ0v) is 15.2. The number of carbonyl (C=O) groups is 2. The number of benzene rings is 1. The van der Waals surface area contributed by atoms with Gasteiger partial charge in [0.1, 0.15) is 18.2 Å². The molecule has 1 aromatic heterocycles. The van der Waals surface area contributed by atoms with Crippen LogP contribution >= 0.6 is 15.9 Å². The number of carboxylic acid groups (broad SMARTS) is 1. The first-order chi connectivity index (χ1) is 11.8. The van der Waals surface area contributed by atoms with Gasteiger partial charge in [0.05, 0.1) is 11.7 Å². The third kappa shape index (κ3) is 5.02. The van der Waals surface area contributed by atoms with Gasteiger partial charge in [-0.1, -0.05) is 29.8 Å². The number of aromatic nitrogens is 2. The highest BCUT2D eigenvalue weighted by atomic mass is 79.9. The normalized spacial score (nSPS) is 12.0. The lowest BCUT2D eigenvalue weighted by atomic mass is 10.0. The van der Waals surface area contributed by atoms with E-state index in [9.17, 15) is 14.0 Å². The summed E-state index contributed by atoms with van der Waals surface area (Å²) in [6.07, 6.45) is 3.01. The summed E-state index contributed by atoms with van der Waals surface area (Å²) >= 11 is 3.15. The van der Waals surface area contributed by atoms with Crippen molar-refractivity contribution in [2.75, 3.05) is 5.32 Å². The lowest BCUT2D eigenvalue weighted by Gasteiger charge is -2.23. The Bertz CT molecular complexity index is 778. The fourth-order valence-corrected chi connectivity index (χ4v) is 2.63. The highest BCUT2D eigenvalue weighted by Gasteiger charge is 2.24. The quantitative estimate of drug-likeness (QED) is 0.677. The van der Waals surface area contributed by atoms with Gasteiger partial charge < -0.3 is 20.3 Å². The van der Waals surface area contributed by atoms with Gasteiger partial charge in [-0.15, -0.1) is 0 Å². The van der Waals surface area contributed by atoms with Crippen LogP contribution in [0.1, 0.15) is 25.7 Å². The van der Waals surface area contributed by atoms with Crippen molar-refractivity contribution in [3.63, 3.8) is 0 Å². The number of halogens is 2. The number of carbonyl (C=O) groups excluding carboxylic acids is 1. The van der Waals surface area contributed by atoms with Crippen LogP contribution in [0.3, 0.4) is 0 Å². The van der Waals surface area contributed by atoms with Crippen molar-refractivity contribution < 1.29 is 19.1 Å². The third-order valence-electron chi connectivity index (χ3n) is 3.46. The van der Waals surface area contributed by atoms with Crippen LogP contribution < -0.4 is 10.6 Å². The monoisotopic (exact) mass is 412 g/mol. The molecular weight excluding hydrogens is 395 g/mol. The molecule has 1 atom stereocenters. The molecule has 134 valence electrons. The second kappa shape index (κ2) is 8.11. The van der Waals surface area contributed by atoms with Crippen LogP contribution in [0.2, 0.25) is 0 Å². The fourth-order valence-electron chi connectivity index (χ4n) is 2.30. The molecule has 0 unspecified atom stereocenters. The molecule has 0 bridgehead atoms. The SMILES string of the molecule is CC(C)[C@H](NC(=O)Nc1ccc(Br)cc1F)c1nccn1CC(=O)O. The van der Waals surface area contributed by atoms with E-state index in [0.717, 1.165) is 0 Å². The number of nitrogens with zero attached hydrogens (tertiary/aromatic N) is 2. The maximum atomic E-state index is 13.8. The van der Waals surface area contributed by atoms with Crippen molar-refractivity contribution in [2.45, 2.75) is 26.4 Å². The molecule has 7 nitrogen and oxygen atoms in total. The molecule has 3 N–H and O–H groups in total. The minimum Gasteiger partial charge on any atom is -0.480 e. The smallest absolute Gasteiger partial charge is 0.323 e. The zero-order valence-electron chi connectivity index (χ0n) is 13.7. The van der Waals surface area contributed by atoms with Crippen LogP contribution in [0, 0.1) is 11.7 Å². The molecule has 9 heteroatoms. The second-order valence-corrected chi connectivity index (χ2v) is 6.67. The Kier molecular flexibility index (Phi) is 6.13.